The second-order valence-corrected chi connectivity index (χ2v) is 3.73. The molecule has 2 aliphatic rings. The number of fused-ring (bicyclic) bond motifs is 1. The predicted octanol–water partition coefficient (Wildman–Crippen LogP) is 2.27. The van der Waals surface area contributed by atoms with Crippen LogP contribution in [0.3, 0.4) is 0 Å². The van der Waals surface area contributed by atoms with Crippen LogP contribution < -0.4 is 0 Å². The molecular weight excluding hydrogens is 122 g/mol. The number of nitrogens with zero attached hydrogens (tertiary/aromatic N) is 1. The molecule has 1 fully saturated rings. The highest BCUT2D eigenvalue weighted by Crippen LogP contribution is 2.36. The van der Waals surface area contributed by atoms with E-state index < -0.39 is 0 Å². The fourth-order valence-corrected chi connectivity index (χ4v) is 2.34. The number of hydrogen-bond acceptors (Lipinski definition) is 1. The van der Waals surface area contributed by atoms with Gasteiger partial charge in [-0.1, -0.05) is 6.42 Å². The molecule has 2 rings (SSSR count). The highest BCUT2D eigenvalue weighted by atomic mass is 14.8. The SMILES string of the molecule is CC1=NCC2CCCC2C1. The van der Waals surface area contributed by atoms with Crippen LogP contribution in [0.5, 0.6) is 0 Å². The van der Waals surface area contributed by atoms with Crippen LogP contribution in [-0.2, 0) is 0 Å². The van der Waals surface area contributed by atoms with Gasteiger partial charge in [-0.3, -0.25) is 4.99 Å². The van der Waals surface area contributed by atoms with E-state index in [0.717, 1.165) is 18.4 Å². The molecule has 1 saturated carbocycles. The molecule has 0 N–H and O–H groups in total. The first-order valence-corrected chi connectivity index (χ1v) is 4.36. The molecule has 10 heavy (non-hydrogen) atoms. The molecule has 1 heterocycles. The second-order valence-electron chi connectivity index (χ2n) is 3.73. The average molecular weight is 137 g/mol. The molecule has 1 aliphatic heterocycles. The summed E-state index contributed by atoms with van der Waals surface area (Å²) in [6.07, 6.45) is 5.67. The Morgan fingerprint density at radius 3 is 3.00 bits per heavy atom. The van der Waals surface area contributed by atoms with E-state index in [-0.39, 0.29) is 0 Å². The van der Waals surface area contributed by atoms with Crippen molar-refractivity contribution < 1.29 is 0 Å². The van der Waals surface area contributed by atoms with Crippen molar-refractivity contribution in [3.63, 3.8) is 0 Å². The monoisotopic (exact) mass is 137 g/mol. The van der Waals surface area contributed by atoms with Crippen LogP contribution in [0.25, 0.3) is 0 Å². The molecule has 0 amide bonds. The standard InChI is InChI=1S/C9H15N/c1-7-5-8-3-2-4-9(8)6-10-7/h8-9H,2-6H2,1H3. The maximum Gasteiger partial charge on any atom is 0.0419 e. The minimum absolute atomic E-state index is 0.962. The quantitative estimate of drug-likeness (QED) is 0.485. The first-order valence-electron chi connectivity index (χ1n) is 4.36. The summed E-state index contributed by atoms with van der Waals surface area (Å²) in [6, 6.07) is 0. The first-order chi connectivity index (χ1) is 4.86. The Balaban J connectivity index is 2.08. The van der Waals surface area contributed by atoms with E-state index >= 15 is 0 Å². The van der Waals surface area contributed by atoms with Crippen LogP contribution in [0.15, 0.2) is 4.99 Å². The van der Waals surface area contributed by atoms with Crippen molar-refractivity contribution >= 4 is 5.71 Å². The van der Waals surface area contributed by atoms with Crippen molar-refractivity contribution in [3.05, 3.63) is 0 Å². The van der Waals surface area contributed by atoms with Crippen molar-refractivity contribution in [1.29, 1.82) is 0 Å². The zero-order valence-electron chi connectivity index (χ0n) is 6.64. The van der Waals surface area contributed by atoms with E-state index in [1.807, 2.05) is 0 Å². The zero-order valence-corrected chi connectivity index (χ0v) is 6.64. The van der Waals surface area contributed by atoms with Gasteiger partial charge >= 0.3 is 0 Å². The Hall–Kier alpha value is -0.330. The van der Waals surface area contributed by atoms with E-state index in [1.54, 1.807) is 0 Å². The van der Waals surface area contributed by atoms with Crippen LogP contribution in [0, 0.1) is 11.8 Å². The van der Waals surface area contributed by atoms with E-state index in [1.165, 1.54) is 31.4 Å². The smallest absolute Gasteiger partial charge is 0.0419 e. The summed E-state index contributed by atoms with van der Waals surface area (Å²) in [7, 11) is 0. The molecule has 2 atom stereocenters. The largest absolute Gasteiger partial charge is 0.294 e. The molecule has 1 heteroatoms. The van der Waals surface area contributed by atoms with Crippen molar-refractivity contribution in [2.75, 3.05) is 6.54 Å². The van der Waals surface area contributed by atoms with Gasteiger partial charge < -0.3 is 0 Å². The lowest BCUT2D eigenvalue weighted by atomic mass is 9.89. The maximum absolute atomic E-state index is 4.49. The van der Waals surface area contributed by atoms with E-state index in [4.69, 9.17) is 0 Å². The van der Waals surface area contributed by atoms with Crippen molar-refractivity contribution in [3.8, 4) is 0 Å². The summed E-state index contributed by atoms with van der Waals surface area (Å²) in [5, 5.41) is 0. The number of hydrogen-bond donors (Lipinski definition) is 0. The normalized spacial score (nSPS) is 39.1. The van der Waals surface area contributed by atoms with Gasteiger partial charge in [-0.05, 0) is 38.0 Å². The lowest BCUT2D eigenvalue weighted by Crippen LogP contribution is -2.20. The highest BCUT2D eigenvalue weighted by Gasteiger charge is 2.29. The summed E-state index contributed by atoms with van der Waals surface area (Å²) in [5.41, 5.74) is 1.39. The summed E-state index contributed by atoms with van der Waals surface area (Å²) in [4.78, 5) is 4.49. The van der Waals surface area contributed by atoms with Crippen LogP contribution >= 0.6 is 0 Å². The van der Waals surface area contributed by atoms with Crippen molar-refractivity contribution in [2.45, 2.75) is 32.6 Å². The van der Waals surface area contributed by atoms with Gasteiger partial charge in [0.05, 0.1) is 0 Å². The Labute approximate surface area is 62.5 Å². The first kappa shape index (κ1) is 6.38. The number of aliphatic imine (C=N–C) groups is 1. The van der Waals surface area contributed by atoms with Gasteiger partial charge in [-0.15, -0.1) is 0 Å². The molecule has 0 aromatic carbocycles. The molecule has 0 spiro atoms. The molecule has 0 saturated heterocycles. The van der Waals surface area contributed by atoms with Crippen LogP contribution in [0.1, 0.15) is 32.6 Å². The summed E-state index contributed by atoms with van der Waals surface area (Å²) in [6.45, 7) is 3.31. The summed E-state index contributed by atoms with van der Waals surface area (Å²) < 4.78 is 0. The second kappa shape index (κ2) is 2.37. The molecule has 0 bridgehead atoms. The average Bonchev–Trinajstić information content (AvgIpc) is 2.33. The minimum atomic E-state index is 0.962. The van der Waals surface area contributed by atoms with Gasteiger partial charge in [0.25, 0.3) is 0 Å². The van der Waals surface area contributed by atoms with E-state index in [2.05, 4.69) is 11.9 Å². The van der Waals surface area contributed by atoms with E-state index in [9.17, 15) is 0 Å². The van der Waals surface area contributed by atoms with Gasteiger partial charge in [-0.2, -0.15) is 0 Å². The fraction of sp³-hybridized carbons (Fsp3) is 0.889. The molecule has 0 aromatic heterocycles. The third kappa shape index (κ3) is 0.979. The Kier molecular flexibility index (Phi) is 1.51. The molecule has 2 unspecified atom stereocenters. The molecule has 0 radical (unpaired) electrons. The molecule has 56 valence electrons. The van der Waals surface area contributed by atoms with Gasteiger partial charge in [-0.25, -0.2) is 0 Å². The van der Waals surface area contributed by atoms with Crippen molar-refractivity contribution in [2.24, 2.45) is 16.8 Å². The van der Waals surface area contributed by atoms with Crippen LogP contribution in [-0.4, -0.2) is 12.3 Å². The lowest BCUT2D eigenvalue weighted by Gasteiger charge is -2.22. The Morgan fingerprint density at radius 1 is 1.30 bits per heavy atom. The minimum Gasteiger partial charge on any atom is -0.294 e. The van der Waals surface area contributed by atoms with Crippen molar-refractivity contribution in [1.82, 2.24) is 0 Å². The molecule has 1 nitrogen and oxygen atoms in total. The van der Waals surface area contributed by atoms with Gasteiger partial charge in [0.1, 0.15) is 0 Å². The van der Waals surface area contributed by atoms with Gasteiger partial charge in [0.15, 0.2) is 0 Å². The third-order valence-electron chi connectivity index (χ3n) is 2.97. The summed E-state index contributed by atoms with van der Waals surface area (Å²) >= 11 is 0. The Morgan fingerprint density at radius 2 is 2.10 bits per heavy atom. The topological polar surface area (TPSA) is 12.4 Å². The molecule has 1 aliphatic carbocycles. The van der Waals surface area contributed by atoms with Crippen LogP contribution in [0.4, 0.5) is 0 Å². The van der Waals surface area contributed by atoms with Gasteiger partial charge in [0.2, 0.25) is 0 Å². The van der Waals surface area contributed by atoms with E-state index in [0.29, 0.717) is 0 Å². The molecular formula is C9H15N. The fourth-order valence-electron chi connectivity index (χ4n) is 2.34. The van der Waals surface area contributed by atoms with Crippen LogP contribution in [0.2, 0.25) is 0 Å². The predicted molar refractivity (Wildman–Crippen MR) is 43.4 cm³/mol. The summed E-state index contributed by atoms with van der Waals surface area (Å²) in [5.74, 6) is 1.97. The molecule has 0 aromatic rings. The lowest BCUT2D eigenvalue weighted by molar-refractivity contribution is 0.392. The maximum atomic E-state index is 4.49. The highest BCUT2D eigenvalue weighted by molar-refractivity contribution is 5.82. The Bertz CT molecular complexity index is 160. The third-order valence-corrected chi connectivity index (χ3v) is 2.97. The van der Waals surface area contributed by atoms with Gasteiger partial charge in [0, 0.05) is 12.3 Å². The number of rotatable bonds is 0. The zero-order chi connectivity index (χ0) is 6.97.